The first-order chi connectivity index (χ1) is 14.3. The molecule has 3 rings (SSSR count). The van der Waals surface area contributed by atoms with Crippen molar-refractivity contribution in [1.82, 2.24) is 4.31 Å². The molecule has 1 fully saturated rings. The van der Waals surface area contributed by atoms with Crippen LogP contribution in [0.25, 0.3) is 0 Å². The van der Waals surface area contributed by atoms with Gasteiger partial charge in [-0.05, 0) is 63.1 Å². The lowest BCUT2D eigenvalue weighted by Gasteiger charge is -2.35. The highest BCUT2D eigenvalue weighted by Gasteiger charge is 2.36. The van der Waals surface area contributed by atoms with Crippen LogP contribution in [0, 0.1) is 13.8 Å². The van der Waals surface area contributed by atoms with Crippen LogP contribution in [0.4, 0.5) is 5.69 Å². The molecule has 1 aliphatic rings. The van der Waals surface area contributed by atoms with Crippen LogP contribution < -0.4 is 9.80 Å². The predicted octanol–water partition coefficient (Wildman–Crippen LogP) is 1.63. The highest BCUT2D eigenvalue weighted by Crippen LogP contribution is 2.19. The van der Waals surface area contributed by atoms with Crippen molar-refractivity contribution in [2.45, 2.75) is 38.6 Å². The molecule has 162 valence electrons. The molecule has 1 atom stereocenters. The SMILES string of the molecule is CCN(C(=O)[C@@H](C)[NH+]1CCN(S(=O)(=O)c2ccc(C)c(C)c2)CC1)c1ccccc1. The molecule has 2 aromatic rings. The van der Waals surface area contributed by atoms with Crippen LogP contribution in [-0.2, 0) is 14.8 Å². The number of anilines is 1. The molecule has 0 bridgehead atoms. The normalized spacial score (nSPS) is 16.9. The van der Waals surface area contributed by atoms with Crippen molar-refractivity contribution in [2.75, 3.05) is 37.6 Å². The minimum atomic E-state index is -3.51. The maximum Gasteiger partial charge on any atom is 0.284 e. The smallest absolute Gasteiger partial charge is 0.284 e. The van der Waals surface area contributed by atoms with E-state index in [1.165, 1.54) is 0 Å². The molecule has 1 heterocycles. The Balaban J connectivity index is 1.67. The zero-order valence-electron chi connectivity index (χ0n) is 18.3. The van der Waals surface area contributed by atoms with E-state index in [0.29, 0.717) is 37.6 Å². The average Bonchev–Trinajstić information content (AvgIpc) is 2.76. The number of likely N-dealkylation sites (N-methyl/N-ethyl adjacent to an activating group) is 1. The molecule has 0 aromatic heterocycles. The van der Waals surface area contributed by atoms with Crippen LogP contribution in [0.15, 0.2) is 53.4 Å². The second-order valence-electron chi connectivity index (χ2n) is 7.95. The minimum absolute atomic E-state index is 0.0733. The number of aryl methyl sites for hydroxylation is 2. The zero-order chi connectivity index (χ0) is 21.9. The molecule has 0 aliphatic carbocycles. The first-order valence-corrected chi connectivity index (χ1v) is 12.0. The van der Waals surface area contributed by atoms with E-state index in [1.54, 1.807) is 21.3 Å². The average molecular weight is 431 g/mol. The Morgan fingerprint density at radius 3 is 2.27 bits per heavy atom. The number of carbonyl (C=O) groups is 1. The van der Waals surface area contributed by atoms with Crippen molar-refractivity contribution in [1.29, 1.82) is 0 Å². The first kappa shape index (κ1) is 22.5. The summed E-state index contributed by atoms with van der Waals surface area (Å²) < 4.78 is 27.6. The molecular weight excluding hydrogens is 398 g/mol. The molecule has 1 amide bonds. The first-order valence-electron chi connectivity index (χ1n) is 10.5. The number of sulfonamides is 1. The van der Waals surface area contributed by atoms with E-state index >= 15 is 0 Å². The van der Waals surface area contributed by atoms with Gasteiger partial charge in [0.05, 0.1) is 31.1 Å². The highest BCUT2D eigenvalue weighted by molar-refractivity contribution is 7.89. The third-order valence-corrected chi connectivity index (χ3v) is 8.01. The number of nitrogens with one attached hydrogen (secondary N) is 1. The number of hydrogen-bond donors (Lipinski definition) is 1. The zero-order valence-corrected chi connectivity index (χ0v) is 19.1. The van der Waals surface area contributed by atoms with Crippen LogP contribution in [0.3, 0.4) is 0 Å². The summed E-state index contributed by atoms with van der Waals surface area (Å²) in [6.07, 6.45) is 0. The van der Waals surface area contributed by atoms with E-state index in [0.717, 1.165) is 21.7 Å². The largest absolute Gasteiger partial charge is 0.323 e. The van der Waals surface area contributed by atoms with Gasteiger partial charge in [-0.1, -0.05) is 24.3 Å². The second kappa shape index (κ2) is 9.29. The number of quaternary nitrogens is 1. The van der Waals surface area contributed by atoms with Gasteiger partial charge in [0.25, 0.3) is 5.91 Å². The Bertz CT molecular complexity index is 984. The van der Waals surface area contributed by atoms with Crippen LogP contribution in [0.5, 0.6) is 0 Å². The summed E-state index contributed by atoms with van der Waals surface area (Å²) in [6.45, 7) is 10.5. The van der Waals surface area contributed by atoms with E-state index in [1.807, 2.05) is 64.1 Å². The van der Waals surface area contributed by atoms with E-state index < -0.39 is 10.0 Å². The van der Waals surface area contributed by atoms with Gasteiger partial charge in [-0.15, -0.1) is 0 Å². The molecule has 1 aliphatic heterocycles. The van der Waals surface area contributed by atoms with Crippen LogP contribution >= 0.6 is 0 Å². The van der Waals surface area contributed by atoms with Gasteiger partial charge in [0.15, 0.2) is 6.04 Å². The van der Waals surface area contributed by atoms with Crippen molar-refractivity contribution >= 4 is 21.6 Å². The van der Waals surface area contributed by atoms with Crippen molar-refractivity contribution in [3.63, 3.8) is 0 Å². The van der Waals surface area contributed by atoms with Crippen LogP contribution in [0.2, 0.25) is 0 Å². The molecule has 0 spiro atoms. The van der Waals surface area contributed by atoms with Gasteiger partial charge in [-0.2, -0.15) is 4.31 Å². The fourth-order valence-electron chi connectivity index (χ4n) is 3.95. The summed E-state index contributed by atoms with van der Waals surface area (Å²) in [4.78, 5) is 16.4. The van der Waals surface area contributed by atoms with Crippen molar-refractivity contribution in [3.8, 4) is 0 Å². The van der Waals surface area contributed by atoms with Gasteiger partial charge in [0, 0.05) is 12.2 Å². The lowest BCUT2D eigenvalue weighted by Crippen LogP contribution is -3.19. The number of piperazine rings is 1. The topological polar surface area (TPSA) is 62.1 Å². The summed E-state index contributed by atoms with van der Waals surface area (Å²) in [7, 11) is -3.51. The van der Waals surface area contributed by atoms with E-state index in [4.69, 9.17) is 0 Å². The molecule has 2 aromatic carbocycles. The number of amides is 1. The molecule has 7 heteroatoms. The quantitative estimate of drug-likeness (QED) is 0.758. The highest BCUT2D eigenvalue weighted by atomic mass is 32.2. The number of benzene rings is 2. The Labute approximate surface area is 180 Å². The Kier molecular flexibility index (Phi) is 6.95. The third-order valence-electron chi connectivity index (χ3n) is 6.11. The van der Waals surface area contributed by atoms with Gasteiger partial charge < -0.3 is 9.80 Å². The van der Waals surface area contributed by atoms with E-state index in [-0.39, 0.29) is 11.9 Å². The maximum absolute atomic E-state index is 13.1. The Morgan fingerprint density at radius 1 is 1.07 bits per heavy atom. The van der Waals surface area contributed by atoms with Crippen molar-refractivity contribution in [2.24, 2.45) is 0 Å². The fraction of sp³-hybridized carbons (Fsp3) is 0.435. The molecule has 0 radical (unpaired) electrons. The minimum Gasteiger partial charge on any atom is -0.323 e. The Morgan fingerprint density at radius 2 is 1.70 bits per heavy atom. The van der Waals surface area contributed by atoms with E-state index in [9.17, 15) is 13.2 Å². The number of hydrogen-bond acceptors (Lipinski definition) is 3. The summed E-state index contributed by atoms with van der Waals surface area (Å²) in [6, 6.07) is 14.7. The van der Waals surface area contributed by atoms with Gasteiger partial charge >= 0.3 is 0 Å². The van der Waals surface area contributed by atoms with Gasteiger partial charge in [0.2, 0.25) is 10.0 Å². The van der Waals surface area contributed by atoms with Crippen molar-refractivity contribution < 1.29 is 18.1 Å². The van der Waals surface area contributed by atoms with Gasteiger partial charge in [-0.25, -0.2) is 8.42 Å². The maximum atomic E-state index is 13.1. The molecular formula is C23H32N3O3S+. The lowest BCUT2D eigenvalue weighted by atomic mass is 10.1. The molecule has 1 N–H and O–H groups in total. The van der Waals surface area contributed by atoms with Gasteiger partial charge in [0.1, 0.15) is 0 Å². The summed E-state index contributed by atoms with van der Waals surface area (Å²) >= 11 is 0. The van der Waals surface area contributed by atoms with Gasteiger partial charge in [-0.3, -0.25) is 4.79 Å². The Hall–Kier alpha value is -2.22. The predicted molar refractivity (Wildman–Crippen MR) is 119 cm³/mol. The van der Waals surface area contributed by atoms with Crippen molar-refractivity contribution in [3.05, 3.63) is 59.7 Å². The third kappa shape index (κ3) is 4.58. The summed E-state index contributed by atoms with van der Waals surface area (Å²) in [5.74, 6) is 0.0733. The lowest BCUT2D eigenvalue weighted by molar-refractivity contribution is -0.917. The summed E-state index contributed by atoms with van der Waals surface area (Å²) in [5.41, 5.74) is 2.95. The van der Waals surface area contributed by atoms with Crippen LogP contribution in [-0.4, -0.2) is 57.4 Å². The summed E-state index contributed by atoms with van der Waals surface area (Å²) in [5, 5.41) is 0. The van der Waals surface area contributed by atoms with Crippen LogP contribution in [0.1, 0.15) is 25.0 Å². The molecule has 6 nitrogen and oxygen atoms in total. The fourth-order valence-corrected chi connectivity index (χ4v) is 5.48. The standard InChI is InChI=1S/C23H31N3O3S/c1-5-26(21-9-7-6-8-10-21)23(27)20(4)24-13-15-25(16-14-24)30(28,29)22-12-11-18(2)19(3)17-22/h6-12,17,20H,5,13-16H2,1-4H3/p+1/t20-/m1/s1. The van der Waals surface area contributed by atoms with E-state index in [2.05, 4.69) is 0 Å². The number of para-hydroxylation sites is 1. The number of rotatable bonds is 6. The monoisotopic (exact) mass is 430 g/mol. The number of nitrogens with zero attached hydrogens (tertiary/aromatic N) is 2. The second-order valence-corrected chi connectivity index (χ2v) is 9.89. The molecule has 0 unspecified atom stereocenters. The number of carbonyl (C=O) groups excluding carboxylic acids is 1. The molecule has 1 saturated heterocycles. The molecule has 0 saturated carbocycles. The molecule has 30 heavy (non-hydrogen) atoms.